The minimum Gasteiger partial charge on any atom is -0.469 e. The maximum atomic E-state index is 12.2. The van der Waals surface area contributed by atoms with Gasteiger partial charge in [0.1, 0.15) is 0 Å². The van der Waals surface area contributed by atoms with E-state index in [-0.39, 0.29) is 24.8 Å². The van der Waals surface area contributed by atoms with Gasteiger partial charge in [-0.2, -0.15) is 0 Å². The van der Waals surface area contributed by atoms with Gasteiger partial charge in [-0.15, -0.1) is 0 Å². The summed E-state index contributed by atoms with van der Waals surface area (Å²) in [6, 6.07) is 7.95. The van der Waals surface area contributed by atoms with E-state index in [0.717, 1.165) is 72.3 Å². The van der Waals surface area contributed by atoms with Crippen LogP contribution in [0.1, 0.15) is 85.1 Å². The van der Waals surface area contributed by atoms with E-state index in [9.17, 15) is 14.7 Å². The first-order valence-electron chi connectivity index (χ1n) is 15.1. The van der Waals surface area contributed by atoms with Gasteiger partial charge in [-0.05, 0) is 105 Å². The molecule has 1 atom stereocenters. The third-order valence-electron chi connectivity index (χ3n) is 8.87. The van der Waals surface area contributed by atoms with E-state index in [1.807, 2.05) is 52.0 Å². The topological polar surface area (TPSA) is 130 Å². The number of ether oxygens (including phenoxy) is 2. The molecule has 0 fully saturated rings. The Morgan fingerprint density at radius 1 is 0.800 bits per heavy atom. The van der Waals surface area contributed by atoms with E-state index in [1.165, 1.54) is 14.2 Å². The Balaban J connectivity index is 1.91. The number of nitrogens with one attached hydrogen (secondary N) is 2. The van der Waals surface area contributed by atoms with Gasteiger partial charge in [0.2, 0.25) is 0 Å². The molecule has 5 rings (SSSR count). The highest BCUT2D eigenvalue weighted by molar-refractivity contribution is 5.97. The third-order valence-corrected chi connectivity index (χ3v) is 8.87. The molecule has 0 saturated heterocycles. The molecular weight excluding hydrogens is 568 g/mol. The van der Waals surface area contributed by atoms with Crippen molar-refractivity contribution in [3.63, 3.8) is 0 Å². The van der Waals surface area contributed by atoms with Crippen molar-refractivity contribution < 1.29 is 24.2 Å². The van der Waals surface area contributed by atoms with Gasteiger partial charge in [-0.25, -0.2) is 9.97 Å². The van der Waals surface area contributed by atoms with E-state index in [0.29, 0.717) is 29.9 Å². The average Bonchev–Trinajstić information content (AvgIpc) is 3.67. The van der Waals surface area contributed by atoms with Crippen LogP contribution < -0.4 is 0 Å². The van der Waals surface area contributed by atoms with Crippen LogP contribution >= 0.6 is 0 Å². The van der Waals surface area contributed by atoms with Gasteiger partial charge in [0.25, 0.3) is 0 Å². The number of allylic oxidation sites excluding steroid dienone is 3. The lowest BCUT2D eigenvalue weighted by Crippen LogP contribution is -2.03. The van der Waals surface area contributed by atoms with Crippen molar-refractivity contribution in [2.24, 2.45) is 0 Å². The van der Waals surface area contributed by atoms with Gasteiger partial charge >= 0.3 is 11.9 Å². The lowest BCUT2D eigenvalue weighted by atomic mass is 9.99. The third kappa shape index (κ3) is 6.00. The first-order valence-corrected chi connectivity index (χ1v) is 15.1. The van der Waals surface area contributed by atoms with E-state index >= 15 is 0 Å². The molecule has 234 valence electrons. The number of aromatic amines is 2. The Morgan fingerprint density at radius 2 is 1.38 bits per heavy atom. The van der Waals surface area contributed by atoms with Crippen molar-refractivity contribution in [3.05, 3.63) is 75.9 Å². The number of methoxy groups -OCH3 is 2. The van der Waals surface area contributed by atoms with E-state index in [4.69, 9.17) is 19.4 Å². The van der Waals surface area contributed by atoms with E-state index < -0.39 is 6.10 Å². The number of aromatic nitrogens is 4. The molecule has 0 saturated carbocycles. The fourth-order valence-corrected chi connectivity index (χ4v) is 6.23. The van der Waals surface area contributed by atoms with Crippen molar-refractivity contribution in [2.75, 3.05) is 14.2 Å². The van der Waals surface area contributed by atoms with Crippen molar-refractivity contribution in [3.8, 4) is 0 Å². The largest absolute Gasteiger partial charge is 0.469 e. The van der Waals surface area contributed by atoms with Gasteiger partial charge in [-0.3, -0.25) is 9.59 Å². The molecule has 9 nitrogen and oxygen atoms in total. The number of aliphatic hydroxyl groups is 1. The molecule has 45 heavy (non-hydrogen) atoms. The molecule has 3 aromatic heterocycles. The maximum Gasteiger partial charge on any atom is 0.305 e. The highest BCUT2D eigenvalue weighted by atomic mass is 16.5. The Bertz CT molecular complexity index is 1950. The summed E-state index contributed by atoms with van der Waals surface area (Å²) in [4.78, 5) is 41.5. The molecule has 0 spiro atoms. The molecule has 0 amide bonds. The first-order chi connectivity index (χ1) is 21.5. The summed E-state index contributed by atoms with van der Waals surface area (Å²) in [7, 11) is 2.77. The minimum atomic E-state index is -0.751. The molecule has 0 radical (unpaired) electrons. The predicted molar refractivity (Wildman–Crippen MR) is 179 cm³/mol. The highest BCUT2D eigenvalue weighted by Gasteiger charge is 2.24. The molecule has 2 aliphatic rings. The van der Waals surface area contributed by atoms with Crippen molar-refractivity contribution in [1.82, 2.24) is 19.9 Å². The van der Waals surface area contributed by atoms with Gasteiger partial charge in [-0.1, -0.05) is 12.7 Å². The Labute approximate surface area is 262 Å². The SMILES string of the molecule is C=Cc1c(C)c2cc3[nH]c(cc4nc(cc5nc(cc1[nH]2)C(C)=C5C(C)O)C(C)=C4CCC(=O)OC)c(CCC(=O)OC)c3C. The second-order valence-corrected chi connectivity index (χ2v) is 11.6. The van der Waals surface area contributed by atoms with Crippen LogP contribution in [0.25, 0.3) is 50.4 Å². The number of carbonyl (C=O) groups is 2. The van der Waals surface area contributed by atoms with Crippen LogP contribution in [0, 0.1) is 13.8 Å². The predicted octanol–water partition coefficient (Wildman–Crippen LogP) is 6.88. The maximum absolute atomic E-state index is 12.2. The van der Waals surface area contributed by atoms with Crippen molar-refractivity contribution in [1.29, 1.82) is 0 Å². The average molecular weight is 609 g/mol. The molecule has 1 unspecified atom stereocenters. The Morgan fingerprint density at radius 3 is 2.02 bits per heavy atom. The van der Waals surface area contributed by atoms with E-state index in [2.05, 4.69) is 22.6 Å². The summed E-state index contributed by atoms with van der Waals surface area (Å²) in [5.41, 5.74) is 13.7. The van der Waals surface area contributed by atoms with Crippen molar-refractivity contribution in [2.45, 2.75) is 66.4 Å². The number of nitrogens with zero attached hydrogens (tertiary/aromatic N) is 2. The lowest BCUT2D eigenvalue weighted by Gasteiger charge is -2.07. The summed E-state index contributed by atoms with van der Waals surface area (Å²) in [5, 5.41) is 10.8. The molecule has 5 heterocycles. The fraction of sp³-hybridized carbons (Fsp3) is 0.333. The van der Waals surface area contributed by atoms with Gasteiger partial charge in [0.05, 0.1) is 43.1 Å². The quantitative estimate of drug-likeness (QED) is 0.238. The zero-order valence-corrected chi connectivity index (χ0v) is 27.0. The lowest BCUT2D eigenvalue weighted by molar-refractivity contribution is -0.141. The summed E-state index contributed by atoms with van der Waals surface area (Å²) >= 11 is 0. The van der Waals surface area contributed by atoms with Crippen LogP contribution in [0.15, 0.2) is 30.8 Å². The van der Waals surface area contributed by atoms with Crippen LogP contribution in [0.2, 0.25) is 0 Å². The molecule has 9 heteroatoms. The van der Waals surface area contributed by atoms with Crippen molar-refractivity contribution >= 4 is 62.4 Å². The molecular formula is C36H40N4O5. The number of hydrogen-bond acceptors (Lipinski definition) is 7. The number of fused-ring (bicyclic) bond motifs is 8. The standard InChI is InChI=1S/C36H40N4O5/c1-9-23-18(2)26-14-27-19(3)24(10-12-34(42)44-7)31(38-27)17-32-25(11-13-35(43)45-8)20(4)28(39-32)16-33-36(22(6)41)21(5)29(40-33)15-30(23)37-26/h9,14-17,22,37-38,41H,1,10-13H2,2-8H3. The number of rotatable bonds is 8. The first kappa shape index (κ1) is 31.7. The number of H-pyrrole nitrogens is 2. The number of hydrogen-bond donors (Lipinski definition) is 3. The van der Waals surface area contributed by atoms with Gasteiger partial charge in [0, 0.05) is 46.0 Å². The van der Waals surface area contributed by atoms with E-state index in [1.54, 1.807) is 6.92 Å². The van der Waals surface area contributed by atoms with Crippen LogP contribution in [-0.4, -0.2) is 57.3 Å². The zero-order valence-electron chi connectivity index (χ0n) is 27.0. The summed E-state index contributed by atoms with van der Waals surface area (Å²) in [6.07, 6.45) is 2.42. The number of esters is 2. The number of carbonyl (C=O) groups excluding carboxylic acids is 2. The molecule has 0 aliphatic carbocycles. The monoisotopic (exact) mass is 608 g/mol. The summed E-state index contributed by atoms with van der Waals surface area (Å²) < 4.78 is 9.88. The Kier molecular flexibility index (Phi) is 8.93. The Hall–Kier alpha value is -4.76. The number of aliphatic hydroxyl groups excluding tert-OH is 1. The van der Waals surface area contributed by atoms with Gasteiger partial charge < -0.3 is 24.5 Å². The fourth-order valence-electron chi connectivity index (χ4n) is 6.23. The summed E-state index contributed by atoms with van der Waals surface area (Å²) in [5.74, 6) is -0.592. The molecule has 3 aromatic rings. The second-order valence-electron chi connectivity index (χ2n) is 11.6. The smallest absolute Gasteiger partial charge is 0.305 e. The second kappa shape index (κ2) is 12.7. The van der Waals surface area contributed by atoms with Gasteiger partial charge in [0.15, 0.2) is 0 Å². The molecule has 3 N–H and O–H groups in total. The van der Waals surface area contributed by atoms with Crippen LogP contribution in [0.5, 0.6) is 0 Å². The minimum absolute atomic E-state index is 0.201. The van der Waals surface area contributed by atoms with Crippen LogP contribution in [0.4, 0.5) is 0 Å². The number of aryl methyl sites for hydroxylation is 3. The zero-order chi connectivity index (χ0) is 32.6. The normalized spacial score (nSPS) is 13.7. The molecule has 2 aliphatic heterocycles. The molecule has 0 aromatic carbocycles. The summed E-state index contributed by atoms with van der Waals surface area (Å²) in [6.45, 7) is 13.8. The van der Waals surface area contributed by atoms with Crippen LogP contribution in [0.3, 0.4) is 0 Å². The molecule has 8 bridgehead atoms. The highest BCUT2D eigenvalue weighted by Crippen LogP contribution is 2.37. The van der Waals surface area contributed by atoms with Crippen LogP contribution in [-0.2, 0) is 25.5 Å².